The van der Waals surface area contributed by atoms with Gasteiger partial charge >= 0.3 is 5.69 Å². The summed E-state index contributed by atoms with van der Waals surface area (Å²) in [5.41, 5.74) is 0.0890. The Labute approximate surface area is 171 Å². The summed E-state index contributed by atoms with van der Waals surface area (Å²) < 4.78 is 45.7. The van der Waals surface area contributed by atoms with Crippen LogP contribution in [0.1, 0.15) is 5.56 Å². The molecule has 3 rings (SSSR count). The van der Waals surface area contributed by atoms with E-state index in [1.54, 1.807) is 0 Å². The molecule has 0 amide bonds. The predicted octanol–water partition coefficient (Wildman–Crippen LogP) is 4.22. The number of nitro groups is 1. The zero-order valence-corrected chi connectivity index (χ0v) is 16.3. The van der Waals surface area contributed by atoms with Crippen molar-refractivity contribution in [2.24, 2.45) is 0 Å². The van der Waals surface area contributed by atoms with Crippen LogP contribution in [0.15, 0.2) is 71.6 Å². The van der Waals surface area contributed by atoms with Gasteiger partial charge in [0.1, 0.15) is 16.5 Å². The molecule has 0 bridgehead atoms. The lowest BCUT2D eigenvalue weighted by atomic mass is 10.2. The molecule has 0 atom stereocenters. The molecule has 0 N–H and O–H groups in total. The number of hydrogen-bond acceptors (Lipinski definition) is 6. The Morgan fingerprint density at radius 2 is 1.77 bits per heavy atom. The standard InChI is InChI=1S/C20H14FN3O5S/c1-23(30(27,28)20-5-3-2-4-17(20)21)15-7-9-16(10-8-15)29-19-12-14(13-22)6-11-18(19)24(25)26/h2-12H,1H3. The average Bonchev–Trinajstić information content (AvgIpc) is 2.73. The molecule has 3 aromatic carbocycles. The first-order chi connectivity index (χ1) is 14.2. The topological polar surface area (TPSA) is 114 Å². The number of benzene rings is 3. The first-order valence-electron chi connectivity index (χ1n) is 8.44. The van der Waals surface area contributed by atoms with E-state index in [0.29, 0.717) is 0 Å². The highest BCUT2D eigenvalue weighted by Gasteiger charge is 2.24. The van der Waals surface area contributed by atoms with Crippen molar-refractivity contribution in [3.05, 3.63) is 88.2 Å². The van der Waals surface area contributed by atoms with Crippen LogP contribution in [0.25, 0.3) is 0 Å². The van der Waals surface area contributed by atoms with Gasteiger partial charge in [0.05, 0.1) is 22.2 Å². The molecule has 0 radical (unpaired) electrons. The summed E-state index contributed by atoms with van der Waals surface area (Å²) in [7, 11) is -2.85. The van der Waals surface area contributed by atoms with Crippen molar-refractivity contribution < 1.29 is 22.5 Å². The van der Waals surface area contributed by atoms with Crippen molar-refractivity contribution in [2.45, 2.75) is 4.90 Å². The van der Waals surface area contributed by atoms with Crippen LogP contribution in [0.2, 0.25) is 0 Å². The molecule has 0 aliphatic heterocycles. The summed E-state index contributed by atoms with van der Waals surface area (Å²) in [6.45, 7) is 0. The number of nitro benzene ring substituents is 1. The Bertz CT molecular complexity index is 1250. The normalized spacial score (nSPS) is 10.8. The molecule has 10 heteroatoms. The summed E-state index contributed by atoms with van der Waals surface area (Å²) >= 11 is 0. The molecule has 8 nitrogen and oxygen atoms in total. The van der Waals surface area contributed by atoms with Gasteiger partial charge in [-0.05, 0) is 42.5 Å². The average molecular weight is 427 g/mol. The summed E-state index contributed by atoms with van der Waals surface area (Å²) in [6.07, 6.45) is 0. The molecular weight excluding hydrogens is 413 g/mol. The smallest absolute Gasteiger partial charge is 0.311 e. The second-order valence-electron chi connectivity index (χ2n) is 6.05. The molecule has 152 valence electrons. The largest absolute Gasteiger partial charge is 0.450 e. The quantitative estimate of drug-likeness (QED) is 0.430. The van der Waals surface area contributed by atoms with Crippen molar-refractivity contribution in [3.8, 4) is 17.6 Å². The molecule has 3 aromatic rings. The molecule has 0 saturated carbocycles. The van der Waals surface area contributed by atoms with Crippen LogP contribution in [-0.4, -0.2) is 20.4 Å². The van der Waals surface area contributed by atoms with E-state index in [0.717, 1.165) is 16.4 Å². The molecule has 0 spiro atoms. The lowest BCUT2D eigenvalue weighted by Gasteiger charge is -2.20. The molecule has 30 heavy (non-hydrogen) atoms. The summed E-state index contributed by atoms with van der Waals surface area (Å²) in [5.74, 6) is -0.804. The number of rotatable bonds is 6. The van der Waals surface area contributed by atoms with E-state index < -0.39 is 25.7 Å². The molecule has 0 fully saturated rings. The van der Waals surface area contributed by atoms with Gasteiger partial charge in [0.15, 0.2) is 0 Å². The zero-order valence-electron chi connectivity index (χ0n) is 15.5. The molecule has 0 aliphatic rings. The number of halogens is 1. The molecule has 0 saturated heterocycles. The summed E-state index contributed by atoms with van der Waals surface area (Å²) in [6, 6.07) is 16.2. The van der Waals surface area contributed by atoms with Crippen molar-refractivity contribution in [3.63, 3.8) is 0 Å². The second kappa shape index (κ2) is 8.18. The van der Waals surface area contributed by atoms with Crippen LogP contribution in [-0.2, 0) is 10.0 Å². The molecule has 0 unspecified atom stereocenters. The first kappa shape index (κ1) is 20.8. The fourth-order valence-corrected chi connectivity index (χ4v) is 3.87. The van der Waals surface area contributed by atoms with Gasteiger partial charge in [-0.1, -0.05) is 12.1 Å². The maximum Gasteiger partial charge on any atom is 0.311 e. The lowest BCUT2D eigenvalue weighted by molar-refractivity contribution is -0.385. The third-order valence-corrected chi connectivity index (χ3v) is 6.01. The van der Waals surface area contributed by atoms with Crippen molar-refractivity contribution in [1.29, 1.82) is 5.26 Å². The third kappa shape index (κ3) is 4.06. The number of nitriles is 1. The van der Waals surface area contributed by atoms with Crippen LogP contribution in [0.4, 0.5) is 15.8 Å². The highest BCUT2D eigenvalue weighted by molar-refractivity contribution is 7.92. The lowest BCUT2D eigenvalue weighted by Crippen LogP contribution is -2.27. The van der Waals surface area contributed by atoms with E-state index in [1.165, 1.54) is 61.6 Å². The van der Waals surface area contributed by atoms with Crippen molar-refractivity contribution >= 4 is 21.4 Å². The van der Waals surface area contributed by atoms with Crippen LogP contribution in [0.5, 0.6) is 11.5 Å². The van der Waals surface area contributed by atoms with Crippen LogP contribution in [0.3, 0.4) is 0 Å². The van der Waals surface area contributed by atoms with E-state index in [9.17, 15) is 22.9 Å². The Kier molecular flexibility index (Phi) is 5.66. The van der Waals surface area contributed by atoms with Gasteiger partial charge < -0.3 is 4.74 Å². The summed E-state index contributed by atoms with van der Waals surface area (Å²) in [5, 5.41) is 20.1. The molecular formula is C20H14FN3O5S. The number of ether oxygens (including phenoxy) is 1. The Morgan fingerprint density at radius 3 is 2.37 bits per heavy atom. The molecule has 0 aliphatic carbocycles. The monoisotopic (exact) mass is 427 g/mol. The Balaban J connectivity index is 1.88. The van der Waals surface area contributed by atoms with Gasteiger partial charge in [-0.15, -0.1) is 0 Å². The van der Waals surface area contributed by atoms with Gasteiger partial charge in [-0.25, -0.2) is 12.8 Å². The molecule has 0 aromatic heterocycles. The van der Waals surface area contributed by atoms with Gasteiger partial charge in [-0.3, -0.25) is 14.4 Å². The van der Waals surface area contributed by atoms with E-state index in [2.05, 4.69) is 0 Å². The SMILES string of the molecule is CN(c1ccc(Oc2cc(C#N)ccc2[N+](=O)[O-])cc1)S(=O)(=O)c1ccccc1F. The van der Waals surface area contributed by atoms with Gasteiger partial charge in [0, 0.05) is 19.2 Å². The minimum Gasteiger partial charge on any atom is -0.450 e. The Hall–Kier alpha value is -3.97. The van der Waals surface area contributed by atoms with E-state index >= 15 is 0 Å². The first-order valence-corrected chi connectivity index (χ1v) is 9.88. The summed E-state index contributed by atoms with van der Waals surface area (Å²) in [4.78, 5) is 10.1. The number of anilines is 1. The third-order valence-electron chi connectivity index (χ3n) is 4.19. The fourth-order valence-electron chi connectivity index (χ4n) is 2.61. The fraction of sp³-hybridized carbons (Fsp3) is 0.0500. The van der Waals surface area contributed by atoms with Crippen molar-refractivity contribution in [2.75, 3.05) is 11.4 Å². The van der Waals surface area contributed by atoms with Gasteiger partial charge in [-0.2, -0.15) is 5.26 Å². The Morgan fingerprint density at radius 1 is 1.10 bits per heavy atom. The molecule has 0 heterocycles. The van der Waals surface area contributed by atoms with Gasteiger partial charge in [0.25, 0.3) is 10.0 Å². The van der Waals surface area contributed by atoms with E-state index in [4.69, 9.17) is 10.00 Å². The number of hydrogen-bond donors (Lipinski definition) is 0. The minimum absolute atomic E-state index is 0.126. The van der Waals surface area contributed by atoms with E-state index in [1.807, 2.05) is 6.07 Å². The van der Waals surface area contributed by atoms with Crippen LogP contribution >= 0.6 is 0 Å². The maximum absolute atomic E-state index is 13.9. The van der Waals surface area contributed by atoms with E-state index in [-0.39, 0.29) is 28.4 Å². The number of sulfonamides is 1. The zero-order chi connectivity index (χ0) is 21.9. The van der Waals surface area contributed by atoms with Crippen LogP contribution in [0, 0.1) is 27.3 Å². The second-order valence-corrected chi connectivity index (χ2v) is 7.99. The number of nitrogens with zero attached hydrogens (tertiary/aromatic N) is 3. The minimum atomic E-state index is -4.13. The highest BCUT2D eigenvalue weighted by Crippen LogP contribution is 2.33. The predicted molar refractivity (Wildman–Crippen MR) is 106 cm³/mol. The highest BCUT2D eigenvalue weighted by atomic mass is 32.2. The van der Waals surface area contributed by atoms with Crippen LogP contribution < -0.4 is 9.04 Å². The van der Waals surface area contributed by atoms with Crippen molar-refractivity contribution in [1.82, 2.24) is 0 Å². The maximum atomic E-state index is 13.9. The van der Waals surface area contributed by atoms with Gasteiger partial charge in [0.2, 0.25) is 5.75 Å².